The Bertz CT molecular complexity index is 1000. The summed E-state index contributed by atoms with van der Waals surface area (Å²) in [5.74, 6) is -0.812. The van der Waals surface area contributed by atoms with Crippen molar-refractivity contribution in [2.45, 2.75) is 38.8 Å². The minimum Gasteiger partial charge on any atom is -0.493 e. The molecule has 0 spiro atoms. The van der Waals surface area contributed by atoms with E-state index in [9.17, 15) is 9.59 Å². The summed E-state index contributed by atoms with van der Waals surface area (Å²) in [7, 11) is 1.45. The Morgan fingerprint density at radius 1 is 1.06 bits per heavy atom. The maximum Gasteiger partial charge on any atom is 0.363 e. The number of amides is 1. The van der Waals surface area contributed by atoms with Gasteiger partial charge in [-0.25, -0.2) is 9.48 Å². The first-order valence-electron chi connectivity index (χ1n) is 10.3. The van der Waals surface area contributed by atoms with Gasteiger partial charge in [0.25, 0.3) is 5.91 Å². The molecule has 2 aromatic carbocycles. The van der Waals surface area contributed by atoms with Crippen LogP contribution >= 0.6 is 0 Å². The average molecular weight is 421 g/mol. The standard InChI is InChI=1S/C24H27N3O4/c1-4-11-20(18-12-7-5-8-13-18)25-23(28)17(2)31-24(29)22-21(30-3)16-27(26-22)19-14-9-6-10-15-19/h5-10,12-17,20H,4,11H2,1-3H3,(H,25,28)/t17-,20-/m1/s1. The molecule has 31 heavy (non-hydrogen) atoms. The van der Waals surface area contributed by atoms with Gasteiger partial charge in [0.1, 0.15) is 0 Å². The molecule has 7 nitrogen and oxygen atoms in total. The zero-order chi connectivity index (χ0) is 22.2. The minimum atomic E-state index is -0.984. The first kappa shape index (κ1) is 22.1. The summed E-state index contributed by atoms with van der Waals surface area (Å²) >= 11 is 0. The molecule has 162 valence electrons. The molecule has 3 aromatic rings. The van der Waals surface area contributed by atoms with Crippen LogP contribution in [0, 0.1) is 0 Å². The predicted molar refractivity (Wildman–Crippen MR) is 117 cm³/mol. The van der Waals surface area contributed by atoms with Crippen LogP contribution in [0.5, 0.6) is 5.75 Å². The monoisotopic (exact) mass is 421 g/mol. The third-order valence-corrected chi connectivity index (χ3v) is 4.86. The zero-order valence-electron chi connectivity index (χ0n) is 17.9. The number of aromatic nitrogens is 2. The molecule has 1 aromatic heterocycles. The summed E-state index contributed by atoms with van der Waals surface area (Å²) < 4.78 is 12.2. The van der Waals surface area contributed by atoms with Crippen molar-refractivity contribution in [3.05, 3.63) is 78.1 Å². The van der Waals surface area contributed by atoms with E-state index >= 15 is 0 Å². The van der Waals surface area contributed by atoms with E-state index in [0.717, 1.165) is 24.1 Å². The summed E-state index contributed by atoms with van der Waals surface area (Å²) in [6.45, 7) is 3.60. The van der Waals surface area contributed by atoms with E-state index < -0.39 is 12.1 Å². The Morgan fingerprint density at radius 3 is 2.32 bits per heavy atom. The number of esters is 1. The van der Waals surface area contributed by atoms with Crippen LogP contribution in [0.3, 0.4) is 0 Å². The first-order chi connectivity index (χ1) is 15.0. The van der Waals surface area contributed by atoms with Crippen molar-refractivity contribution in [2.75, 3.05) is 7.11 Å². The minimum absolute atomic E-state index is 0.0131. The highest BCUT2D eigenvalue weighted by atomic mass is 16.6. The molecule has 0 saturated heterocycles. The number of carbonyl (C=O) groups excluding carboxylic acids is 2. The van der Waals surface area contributed by atoms with Crippen molar-refractivity contribution in [1.82, 2.24) is 15.1 Å². The van der Waals surface area contributed by atoms with Gasteiger partial charge in [0.15, 0.2) is 11.9 Å². The lowest BCUT2D eigenvalue weighted by Crippen LogP contribution is -2.38. The van der Waals surface area contributed by atoms with Crippen LogP contribution in [0.4, 0.5) is 0 Å². The van der Waals surface area contributed by atoms with Crippen LogP contribution in [0.25, 0.3) is 5.69 Å². The van der Waals surface area contributed by atoms with Gasteiger partial charge in [-0.3, -0.25) is 4.79 Å². The smallest absolute Gasteiger partial charge is 0.363 e. The van der Waals surface area contributed by atoms with Crippen LogP contribution in [0.15, 0.2) is 66.9 Å². The van der Waals surface area contributed by atoms with Crippen LogP contribution < -0.4 is 10.1 Å². The molecule has 0 aliphatic carbocycles. The summed E-state index contributed by atoms with van der Waals surface area (Å²) in [4.78, 5) is 25.4. The Balaban J connectivity index is 1.69. The highest BCUT2D eigenvalue weighted by Gasteiger charge is 2.26. The molecule has 1 amide bonds. The van der Waals surface area contributed by atoms with Crippen molar-refractivity contribution in [2.24, 2.45) is 0 Å². The fourth-order valence-electron chi connectivity index (χ4n) is 3.22. The lowest BCUT2D eigenvalue weighted by molar-refractivity contribution is -0.130. The zero-order valence-corrected chi connectivity index (χ0v) is 17.9. The third-order valence-electron chi connectivity index (χ3n) is 4.86. The maximum absolute atomic E-state index is 12.7. The van der Waals surface area contributed by atoms with E-state index in [0.29, 0.717) is 0 Å². The molecule has 0 saturated carbocycles. The molecule has 0 unspecified atom stereocenters. The van der Waals surface area contributed by atoms with Crippen LogP contribution in [-0.4, -0.2) is 34.9 Å². The van der Waals surface area contributed by atoms with E-state index in [4.69, 9.17) is 9.47 Å². The van der Waals surface area contributed by atoms with Gasteiger partial charge in [-0.2, -0.15) is 5.10 Å². The van der Waals surface area contributed by atoms with E-state index in [2.05, 4.69) is 17.3 Å². The molecular formula is C24H27N3O4. The third kappa shape index (κ3) is 5.51. The number of nitrogens with zero attached hydrogens (tertiary/aromatic N) is 2. The SMILES string of the molecule is CCC[C@@H](NC(=O)[C@@H](C)OC(=O)c1nn(-c2ccccc2)cc1OC)c1ccccc1. The molecule has 0 fully saturated rings. The normalized spacial score (nSPS) is 12.6. The fraction of sp³-hybridized carbons (Fsp3) is 0.292. The number of carbonyl (C=O) groups is 2. The second-order valence-electron chi connectivity index (χ2n) is 7.13. The number of nitrogens with one attached hydrogen (secondary N) is 1. The first-order valence-corrected chi connectivity index (χ1v) is 10.3. The molecule has 1 heterocycles. The number of ether oxygens (including phenoxy) is 2. The van der Waals surface area contributed by atoms with Gasteiger partial charge in [0.2, 0.25) is 5.69 Å². The Labute approximate surface area is 182 Å². The number of para-hydroxylation sites is 1. The number of benzene rings is 2. The Kier molecular flexibility index (Phi) is 7.43. The van der Waals surface area contributed by atoms with Crippen LogP contribution in [0.2, 0.25) is 0 Å². The van der Waals surface area contributed by atoms with E-state index in [1.54, 1.807) is 13.1 Å². The number of hydrogen-bond acceptors (Lipinski definition) is 5. The molecular weight excluding hydrogens is 394 g/mol. The van der Waals surface area contributed by atoms with Crippen LogP contribution in [0.1, 0.15) is 48.8 Å². The summed E-state index contributed by atoms with van der Waals surface area (Å²) in [6, 6.07) is 18.9. The molecule has 3 rings (SSSR count). The topological polar surface area (TPSA) is 82.5 Å². The quantitative estimate of drug-likeness (QED) is 0.527. The van der Waals surface area contributed by atoms with Crippen molar-refractivity contribution in [3.8, 4) is 11.4 Å². The summed E-state index contributed by atoms with van der Waals surface area (Å²) in [6.07, 6.45) is 2.30. The maximum atomic E-state index is 12.7. The van der Waals surface area contributed by atoms with Crippen molar-refractivity contribution >= 4 is 11.9 Å². The fourth-order valence-corrected chi connectivity index (χ4v) is 3.22. The van der Waals surface area contributed by atoms with Gasteiger partial charge >= 0.3 is 5.97 Å². The van der Waals surface area contributed by atoms with Gasteiger partial charge in [-0.15, -0.1) is 0 Å². The Morgan fingerprint density at radius 2 is 1.71 bits per heavy atom. The van der Waals surface area contributed by atoms with Gasteiger partial charge in [0.05, 0.1) is 25.0 Å². The van der Waals surface area contributed by atoms with E-state index in [-0.39, 0.29) is 23.4 Å². The van der Waals surface area contributed by atoms with E-state index in [1.165, 1.54) is 11.8 Å². The highest BCUT2D eigenvalue weighted by molar-refractivity contribution is 5.93. The summed E-state index contributed by atoms with van der Waals surface area (Å²) in [5.41, 5.74) is 1.80. The molecule has 0 aliphatic heterocycles. The van der Waals surface area contributed by atoms with Crippen LogP contribution in [-0.2, 0) is 9.53 Å². The Hall–Kier alpha value is -3.61. The van der Waals surface area contributed by atoms with Gasteiger partial charge in [-0.05, 0) is 31.0 Å². The number of rotatable bonds is 9. The van der Waals surface area contributed by atoms with E-state index in [1.807, 2.05) is 60.7 Å². The predicted octanol–water partition coefficient (Wildman–Crippen LogP) is 4.08. The van der Waals surface area contributed by atoms with Crippen molar-refractivity contribution in [3.63, 3.8) is 0 Å². The van der Waals surface area contributed by atoms with Gasteiger partial charge < -0.3 is 14.8 Å². The molecule has 7 heteroatoms. The number of methoxy groups -OCH3 is 1. The van der Waals surface area contributed by atoms with Crippen molar-refractivity contribution < 1.29 is 19.1 Å². The van der Waals surface area contributed by atoms with Gasteiger partial charge in [0, 0.05) is 0 Å². The second-order valence-corrected chi connectivity index (χ2v) is 7.13. The molecule has 1 N–H and O–H groups in total. The van der Waals surface area contributed by atoms with Gasteiger partial charge in [-0.1, -0.05) is 61.9 Å². The largest absolute Gasteiger partial charge is 0.493 e. The van der Waals surface area contributed by atoms with Crippen molar-refractivity contribution in [1.29, 1.82) is 0 Å². The second kappa shape index (κ2) is 10.4. The lowest BCUT2D eigenvalue weighted by Gasteiger charge is -2.21. The molecule has 2 atom stereocenters. The average Bonchev–Trinajstić information content (AvgIpc) is 3.24. The molecule has 0 radical (unpaired) electrons. The number of hydrogen-bond donors (Lipinski definition) is 1. The highest BCUT2D eigenvalue weighted by Crippen LogP contribution is 2.22. The molecule has 0 bridgehead atoms. The lowest BCUT2D eigenvalue weighted by atomic mass is 10.0. The summed E-state index contributed by atoms with van der Waals surface area (Å²) in [5, 5.41) is 7.26. The molecule has 0 aliphatic rings.